The van der Waals surface area contributed by atoms with Gasteiger partial charge in [-0.15, -0.1) is 0 Å². The standard InChI is InChI=1S/C26H24N4O5/c1-17(31)27-21-14-13-20(24(33)19-11-7-4-8-12-19)16-22(21)28-25(30-26(34)35-2)29-23(32)15-18-9-5-3-6-10-18/h3-14,16H,15H2,1-2H3,(H,27,31)(H2,28,29,30,32,34). The van der Waals surface area contributed by atoms with Crippen molar-refractivity contribution in [2.45, 2.75) is 13.3 Å². The van der Waals surface area contributed by atoms with Gasteiger partial charge in [0.15, 0.2) is 5.78 Å². The fourth-order valence-electron chi connectivity index (χ4n) is 3.14. The molecule has 0 aromatic heterocycles. The maximum Gasteiger partial charge on any atom is 0.413 e. The lowest BCUT2D eigenvalue weighted by atomic mass is 10.0. The minimum Gasteiger partial charge on any atom is -0.453 e. The molecule has 9 nitrogen and oxygen atoms in total. The fourth-order valence-corrected chi connectivity index (χ4v) is 3.14. The summed E-state index contributed by atoms with van der Waals surface area (Å²) in [5.41, 5.74) is 2.10. The predicted molar refractivity (Wildman–Crippen MR) is 132 cm³/mol. The molecular weight excluding hydrogens is 448 g/mol. The second kappa shape index (κ2) is 11.9. The molecule has 0 spiro atoms. The largest absolute Gasteiger partial charge is 0.453 e. The van der Waals surface area contributed by atoms with Gasteiger partial charge in [0, 0.05) is 18.1 Å². The van der Waals surface area contributed by atoms with Crippen molar-refractivity contribution in [1.29, 1.82) is 0 Å². The molecule has 0 bridgehead atoms. The van der Waals surface area contributed by atoms with Crippen LogP contribution in [0.5, 0.6) is 0 Å². The van der Waals surface area contributed by atoms with Crippen LogP contribution in [0, 0.1) is 0 Å². The summed E-state index contributed by atoms with van der Waals surface area (Å²) in [6.45, 7) is 1.33. The number of benzene rings is 3. The third kappa shape index (κ3) is 7.36. The van der Waals surface area contributed by atoms with Crippen LogP contribution in [0.25, 0.3) is 0 Å². The molecule has 0 fully saturated rings. The van der Waals surface area contributed by atoms with E-state index in [2.05, 4.69) is 25.7 Å². The molecule has 3 rings (SSSR count). The Hall–Kier alpha value is -4.79. The van der Waals surface area contributed by atoms with Crippen molar-refractivity contribution in [3.8, 4) is 0 Å². The fraction of sp³-hybridized carbons (Fsp3) is 0.115. The van der Waals surface area contributed by atoms with Crippen LogP contribution in [-0.2, 0) is 20.7 Å². The van der Waals surface area contributed by atoms with E-state index in [1.54, 1.807) is 66.7 Å². The zero-order chi connectivity index (χ0) is 25.2. The van der Waals surface area contributed by atoms with E-state index < -0.39 is 12.0 Å². The Morgan fingerprint density at radius 1 is 0.800 bits per heavy atom. The smallest absolute Gasteiger partial charge is 0.413 e. The first-order valence-electron chi connectivity index (χ1n) is 10.6. The molecule has 0 radical (unpaired) electrons. The molecule has 0 aliphatic rings. The number of rotatable bonds is 6. The number of amides is 3. The second-order valence-corrected chi connectivity index (χ2v) is 7.39. The monoisotopic (exact) mass is 472 g/mol. The normalized spacial score (nSPS) is 10.7. The van der Waals surface area contributed by atoms with Crippen molar-refractivity contribution in [3.05, 3.63) is 95.6 Å². The Morgan fingerprint density at radius 2 is 1.46 bits per heavy atom. The van der Waals surface area contributed by atoms with E-state index in [0.29, 0.717) is 16.8 Å². The molecule has 9 heteroatoms. The van der Waals surface area contributed by atoms with E-state index in [1.165, 1.54) is 20.1 Å². The van der Waals surface area contributed by atoms with Crippen molar-refractivity contribution in [2.24, 2.45) is 4.99 Å². The SMILES string of the molecule is COC(=O)N/C(=N\C(=O)Cc1ccccc1)Nc1cc(C(=O)c2ccccc2)ccc1NC(C)=O. The van der Waals surface area contributed by atoms with E-state index >= 15 is 0 Å². The summed E-state index contributed by atoms with van der Waals surface area (Å²) < 4.78 is 4.63. The summed E-state index contributed by atoms with van der Waals surface area (Å²) in [6, 6.07) is 22.3. The number of nitrogens with one attached hydrogen (secondary N) is 3. The first-order valence-corrected chi connectivity index (χ1v) is 10.6. The molecule has 0 aliphatic heterocycles. The van der Waals surface area contributed by atoms with Gasteiger partial charge in [0.1, 0.15) is 0 Å². The minimum absolute atomic E-state index is 0.0000412. The Labute approximate surface area is 202 Å². The molecule has 3 amide bonds. The number of anilines is 2. The molecule has 0 atom stereocenters. The van der Waals surface area contributed by atoms with Crippen LogP contribution in [0.1, 0.15) is 28.4 Å². The highest BCUT2D eigenvalue weighted by Gasteiger charge is 2.16. The highest BCUT2D eigenvalue weighted by atomic mass is 16.5. The molecule has 0 saturated carbocycles. The summed E-state index contributed by atoms with van der Waals surface area (Å²) in [6.07, 6.45) is -0.860. The number of carbonyl (C=O) groups excluding carboxylic acids is 4. The molecule has 3 aromatic carbocycles. The number of nitrogens with zero attached hydrogens (tertiary/aromatic N) is 1. The van der Waals surface area contributed by atoms with Crippen LogP contribution in [0.3, 0.4) is 0 Å². The van der Waals surface area contributed by atoms with Crippen LogP contribution in [-0.4, -0.2) is 36.8 Å². The Bertz CT molecular complexity index is 1260. The first-order chi connectivity index (χ1) is 16.9. The first kappa shape index (κ1) is 24.8. The van der Waals surface area contributed by atoms with Gasteiger partial charge in [-0.25, -0.2) is 4.79 Å². The van der Waals surface area contributed by atoms with Crippen molar-refractivity contribution in [1.82, 2.24) is 5.32 Å². The van der Waals surface area contributed by atoms with Crippen LogP contribution in [0.4, 0.5) is 16.2 Å². The van der Waals surface area contributed by atoms with E-state index in [9.17, 15) is 19.2 Å². The van der Waals surface area contributed by atoms with Crippen molar-refractivity contribution >= 4 is 41.0 Å². The summed E-state index contributed by atoms with van der Waals surface area (Å²) in [7, 11) is 1.17. The number of ether oxygens (including phenoxy) is 1. The van der Waals surface area contributed by atoms with Crippen LogP contribution in [0.15, 0.2) is 83.9 Å². The Balaban J connectivity index is 1.95. The summed E-state index contributed by atoms with van der Waals surface area (Å²) >= 11 is 0. The zero-order valence-corrected chi connectivity index (χ0v) is 19.2. The molecule has 0 heterocycles. The average molecular weight is 473 g/mol. The van der Waals surface area contributed by atoms with Crippen LogP contribution >= 0.6 is 0 Å². The van der Waals surface area contributed by atoms with Gasteiger partial charge < -0.3 is 15.4 Å². The molecule has 0 saturated heterocycles. The van der Waals surface area contributed by atoms with Gasteiger partial charge in [-0.2, -0.15) is 4.99 Å². The van der Waals surface area contributed by atoms with E-state index in [4.69, 9.17) is 0 Å². The molecule has 178 valence electrons. The van der Waals surface area contributed by atoms with Gasteiger partial charge in [-0.1, -0.05) is 60.7 Å². The van der Waals surface area contributed by atoms with E-state index in [0.717, 1.165) is 5.56 Å². The highest BCUT2D eigenvalue weighted by molar-refractivity contribution is 6.12. The summed E-state index contributed by atoms with van der Waals surface area (Å²) in [4.78, 5) is 53.1. The van der Waals surface area contributed by atoms with Crippen molar-refractivity contribution < 1.29 is 23.9 Å². The van der Waals surface area contributed by atoms with Gasteiger partial charge in [0.25, 0.3) is 5.91 Å². The van der Waals surface area contributed by atoms with Gasteiger partial charge in [-0.3, -0.25) is 19.7 Å². The van der Waals surface area contributed by atoms with E-state index in [-0.39, 0.29) is 29.8 Å². The number of aliphatic imine (C=N–C) groups is 1. The number of alkyl carbamates (subject to hydrolysis) is 1. The molecular formula is C26H24N4O5. The number of hydrogen-bond donors (Lipinski definition) is 3. The number of methoxy groups -OCH3 is 1. The molecule has 35 heavy (non-hydrogen) atoms. The number of carbonyl (C=O) groups is 4. The Morgan fingerprint density at radius 3 is 2.09 bits per heavy atom. The topological polar surface area (TPSA) is 126 Å². The maximum absolute atomic E-state index is 12.9. The second-order valence-electron chi connectivity index (χ2n) is 7.39. The third-order valence-corrected chi connectivity index (χ3v) is 4.72. The quantitative estimate of drug-likeness (QED) is 0.285. The zero-order valence-electron chi connectivity index (χ0n) is 19.2. The molecule has 3 aromatic rings. The third-order valence-electron chi connectivity index (χ3n) is 4.72. The predicted octanol–water partition coefficient (Wildman–Crippen LogP) is 3.77. The number of guanidine groups is 1. The molecule has 0 unspecified atom stereocenters. The van der Waals surface area contributed by atoms with E-state index in [1.807, 2.05) is 6.07 Å². The average Bonchev–Trinajstić information content (AvgIpc) is 2.85. The minimum atomic E-state index is -0.860. The van der Waals surface area contributed by atoms with Gasteiger partial charge in [0.2, 0.25) is 11.9 Å². The Kier molecular flexibility index (Phi) is 8.44. The lowest BCUT2D eigenvalue weighted by molar-refractivity contribution is -0.117. The maximum atomic E-state index is 12.9. The van der Waals surface area contributed by atoms with Crippen LogP contribution in [0.2, 0.25) is 0 Å². The lowest BCUT2D eigenvalue weighted by Gasteiger charge is -2.16. The highest BCUT2D eigenvalue weighted by Crippen LogP contribution is 2.25. The van der Waals surface area contributed by atoms with Gasteiger partial charge >= 0.3 is 6.09 Å². The van der Waals surface area contributed by atoms with Crippen molar-refractivity contribution in [2.75, 3.05) is 17.7 Å². The summed E-state index contributed by atoms with van der Waals surface area (Å²) in [5.74, 6) is -1.36. The number of hydrogen-bond acceptors (Lipinski definition) is 5. The van der Waals surface area contributed by atoms with Crippen molar-refractivity contribution in [3.63, 3.8) is 0 Å². The molecule has 3 N–H and O–H groups in total. The number of ketones is 1. The van der Waals surface area contributed by atoms with Crippen LogP contribution < -0.4 is 16.0 Å². The molecule has 0 aliphatic carbocycles. The lowest BCUT2D eigenvalue weighted by Crippen LogP contribution is -2.37. The van der Waals surface area contributed by atoms with Gasteiger partial charge in [0.05, 0.1) is 24.9 Å². The summed E-state index contributed by atoms with van der Waals surface area (Å²) in [5, 5.41) is 7.83. The van der Waals surface area contributed by atoms with Gasteiger partial charge in [-0.05, 0) is 23.8 Å².